The van der Waals surface area contributed by atoms with Gasteiger partial charge in [0.05, 0.1) is 16.6 Å². The molecule has 108 valence electrons. The average Bonchev–Trinajstić information content (AvgIpc) is 2.40. The summed E-state index contributed by atoms with van der Waals surface area (Å²) in [7, 11) is 0. The summed E-state index contributed by atoms with van der Waals surface area (Å²) in [6.45, 7) is 3.76. The Balaban J connectivity index is 2.77. The summed E-state index contributed by atoms with van der Waals surface area (Å²) >= 11 is 1.50. The highest BCUT2D eigenvalue weighted by Gasteiger charge is 2.23. The van der Waals surface area contributed by atoms with Crippen molar-refractivity contribution in [3.63, 3.8) is 0 Å². The van der Waals surface area contributed by atoms with Crippen molar-refractivity contribution in [1.29, 1.82) is 0 Å². The summed E-state index contributed by atoms with van der Waals surface area (Å²) in [5.74, 6) is -1.99. The van der Waals surface area contributed by atoms with Gasteiger partial charge in [0.25, 0.3) is 5.91 Å². The average molecular weight is 302 g/mol. The van der Waals surface area contributed by atoms with E-state index in [0.717, 1.165) is 0 Å². The van der Waals surface area contributed by atoms with Crippen molar-refractivity contribution >= 4 is 23.4 Å². The van der Waals surface area contributed by atoms with Crippen LogP contribution >= 0.6 is 11.8 Å². The predicted octanol–water partition coefficient (Wildman–Crippen LogP) is 2.52. The third-order valence-corrected chi connectivity index (χ3v) is 3.19. The number of rotatable bonds is 7. The van der Waals surface area contributed by atoms with Gasteiger partial charge in [-0.1, -0.05) is 6.08 Å². The lowest BCUT2D eigenvalue weighted by Gasteiger charge is -2.06. The molecule has 0 radical (unpaired) electrons. The second-order valence-corrected chi connectivity index (χ2v) is 4.81. The number of hydrogen-bond acceptors (Lipinski definition) is 4. The van der Waals surface area contributed by atoms with E-state index in [1.54, 1.807) is 6.08 Å². The molecule has 0 saturated heterocycles. The van der Waals surface area contributed by atoms with E-state index in [-0.39, 0.29) is 6.54 Å². The van der Waals surface area contributed by atoms with E-state index in [1.165, 1.54) is 11.8 Å². The fourth-order valence-corrected chi connectivity index (χ4v) is 1.95. The van der Waals surface area contributed by atoms with Gasteiger partial charge in [-0.05, 0) is 6.07 Å². The van der Waals surface area contributed by atoms with Crippen LogP contribution in [0.4, 0.5) is 14.5 Å². The van der Waals surface area contributed by atoms with Crippen LogP contribution in [-0.4, -0.2) is 28.9 Å². The standard InChI is InChI=1S/C12H12F2N2O3S/c1-2-4-20-5-3-15-12(17)9-6-8(13)7-10(11(9)14)16(18)19/h2,6-7H,1,3-5H2,(H,15,17). The highest BCUT2D eigenvalue weighted by molar-refractivity contribution is 7.99. The van der Waals surface area contributed by atoms with Gasteiger partial charge in [0, 0.05) is 18.1 Å². The molecular formula is C12H12F2N2O3S. The van der Waals surface area contributed by atoms with E-state index in [0.29, 0.717) is 23.6 Å². The smallest absolute Gasteiger partial charge is 0.308 e. The zero-order valence-electron chi connectivity index (χ0n) is 10.4. The molecule has 0 spiro atoms. The molecule has 0 aliphatic heterocycles. The highest BCUT2D eigenvalue weighted by atomic mass is 32.2. The van der Waals surface area contributed by atoms with Crippen LogP contribution in [0.1, 0.15) is 10.4 Å². The van der Waals surface area contributed by atoms with Crippen molar-refractivity contribution in [2.24, 2.45) is 0 Å². The molecule has 0 atom stereocenters. The number of nitrogens with zero attached hydrogens (tertiary/aromatic N) is 1. The minimum absolute atomic E-state index is 0.237. The second-order valence-electron chi connectivity index (χ2n) is 3.66. The Morgan fingerprint density at radius 3 is 2.80 bits per heavy atom. The normalized spacial score (nSPS) is 10.1. The first-order valence-electron chi connectivity index (χ1n) is 5.57. The summed E-state index contributed by atoms with van der Waals surface area (Å²) in [5, 5.41) is 12.9. The minimum Gasteiger partial charge on any atom is -0.351 e. The number of carbonyl (C=O) groups is 1. The van der Waals surface area contributed by atoms with E-state index in [4.69, 9.17) is 0 Å². The monoisotopic (exact) mass is 302 g/mol. The van der Waals surface area contributed by atoms with Crippen molar-refractivity contribution in [2.75, 3.05) is 18.1 Å². The molecule has 0 heterocycles. The van der Waals surface area contributed by atoms with Crippen LogP contribution in [0.25, 0.3) is 0 Å². The van der Waals surface area contributed by atoms with Crippen LogP contribution in [0.15, 0.2) is 24.8 Å². The van der Waals surface area contributed by atoms with E-state index in [1.807, 2.05) is 0 Å². The Morgan fingerprint density at radius 1 is 1.50 bits per heavy atom. The Labute approximate surface area is 118 Å². The van der Waals surface area contributed by atoms with Crippen molar-refractivity contribution in [3.05, 3.63) is 52.1 Å². The zero-order valence-corrected chi connectivity index (χ0v) is 11.2. The molecule has 0 unspecified atom stereocenters. The molecule has 1 aromatic carbocycles. The number of hydrogen-bond donors (Lipinski definition) is 1. The fraction of sp³-hybridized carbons (Fsp3) is 0.250. The summed E-state index contributed by atoms with van der Waals surface area (Å²) in [4.78, 5) is 21.1. The minimum atomic E-state index is -1.34. The van der Waals surface area contributed by atoms with Gasteiger partial charge in [-0.15, -0.1) is 6.58 Å². The number of nitro benzene ring substituents is 1. The molecule has 1 rings (SSSR count). The third kappa shape index (κ3) is 4.30. The SMILES string of the molecule is C=CCSCCNC(=O)c1cc(F)cc([N+](=O)[O-])c1F. The van der Waals surface area contributed by atoms with Crippen LogP contribution < -0.4 is 5.32 Å². The molecule has 0 fully saturated rings. The molecule has 1 aromatic rings. The zero-order chi connectivity index (χ0) is 15.1. The van der Waals surface area contributed by atoms with Crippen LogP contribution in [0.5, 0.6) is 0 Å². The second kappa shape index (κ2) is 7.59. The van der Waals surface area contributed by atoms with Gasteiger partial charge >= 0.3 is 5.69 Å². The number of carbonyl (C=O) groups excluding carboxylic acids is 1. The molecule has 5 nitrogen and oxygen atoms in total. The Kier molecular flexibility index (Phi) is 6.10. The van der Waals surface area contributed by atoms with Crippen LogP contribution in [-0.2, 0) is 0 Å². The first kappa shape index (κ1) is 16.1. The summed E-state index contributed by atoms with van der Waals surface area (Å²) < 4.78 is 26.8. The van der Waals surface area contributed by atoms with Crippen molar-refractivity contribution in [2.45, 2.75) is 0 Å². The largest absolute Gasteiger partial charge is 0.351 e. The third-order valence-electron chi connectivity index (χ3n) is 2.23. The summed E-state index contributed by atoms with van der Waals surface area (Å²) in [5.41, 5.74) is -1.73. The number of nitrogens with one attached hydrogen (secondary N) is 1. The van der Waals surface area contributed by atoms with Gasteiger partial charge in [0.2, 0.25) is 5.82 Å². The topological polar surface area (TPSA) is 72.2 Å². The Hall–Kier alpha value is -1.96. The van der Waals surface area contributed by atoms with E-state index >= 15 is 0 Å². The summed E-state index contributed by atoms with van der Waals surface area (Å²) in [6, 6.07) is 1.07. The number of benzene rings is 1. The maximum atomic E-state index is 13.7. The molecule has 1 N–H and O–H groups in total. The van der Waals surface area contributed by atoms with Gasteiger partial charge in [-0.25, -0.2) is 4.39 Å². The fourth-order valence-electron chi connectivity index (χ4n) is 1.37. The number of nitro groups is 1. The van der Waals surface area contributed by atoms with Gasteiger partial charge in [0.15, 0.2) is 0 Å². The quantitative estimate of drug-likeness (QED) is 0.363. The van der Waals surface area contributed by atoms with Gasteiger partial charge in [0.1, 0.15) is 5.82 Å². The number of thioether (sulfide) groups is 1. The van der Waals surface area contributed by atoms with Crippen molar-refractivity contribution in [3.8, 4) is 0 Å². The Morgan fingerprint density at radius 2 is 2.20 bits per heavy atom. The Bertz CT molecular complexity index is 538. The van der Waals surface area contributed by atoms with Gasteiger partial charge in [-0.3, -0.25) is 14.9 Å². The van der Waals surface area contributed by atoms with E-state index in [9.17, 15) is 23.7 Å². The lowest BCUT2D eigenvalue weighted by Crippen LogP contribution is -2.27. The van der Waals surface area contributed by atoms with Gasteiger partial charge < -0.3 is 5.32 Å². The predicted molar refractivity (Wildman–Crippen MR) is 72.9 cm³/mol. The van der Waals surface area contributed by atoms with Crippen LogP contribution in [0, 0.1) is 21.7 Å². The van der Waals surface area contributed by atoms with Crippen molar-refractivity contribution in [1.82, 2.24) is 5.32 Å². The number of halogens is 2. The maximum Gasteiger partial charge on any atom is 0.308 e. The van der Waals surface area contributed by atoms with E-state index in [2.05, 4.69) is 11.9 Å². The lowest BCUT2D eigenvalue weighted by atomic mass is 10.1. The molecule has 8 heteroatoms. The molecule has 0 aliphatic carbocycles. The molecule has 0 saturated carbocycles. The van der Waals surface area contributed by atoms with Crippen LogP contribution in [0.3, 0.4) is 0 Å². The lowest BCUT2D eigenvalue weighted by molar-refractivity contribution is -0.387. The molecular weight excluding hydrogens is 290 g/mol. The highest BCUT2D eigenvalue weighted by Crippen LogP contribution is 2.22. The first-order valence-corrected chi connectivity index (χ1v) is 6.73. The molecule has 1 amide bonds. The number of amides is 1. The molecule has 0 bridgehead atoms. The maximum absolute atomic E-state index is 13.7. The molecule has 0 aromatic heterocycles. The molecule has 20 heavy (non-hydrogen) atoms. The van der Waals surface area contributed by atoms with Crippen LogP contribution in [0.2, 0.25) is 0 Å². The first-order chi connectivity index (χ1) is 9.47. The van der Waals surface area contributed by atoms with E-state index < -0.39 is 33.7 Å². The summed E-state index contributed by atoms with van der Waals surface area (Å²) in [6.07, 6.45) is 1.70. The van der Waals surface area contributed by atoms with Gasteiger partial charge in [-0.2, -0.15) is 16.2 Å². The molecule has 0 aliphatic rings. The van der Waals surface area contributed by atoms with Crippen molar-refractivity contribution < 1.29 is 18.5 Å².